The number of carbonyl (C=O) groups excluding carboxylic acids is 1. The van der Waals surface area contributed by atoms with Gasteiger partial charge in [0.1, 0.15) is 5.60 Å². The molecule has 2 rings (SSSR count). The summed E-state index contributed by atoms with van der Waals surface area (Å²) in [6, 6.07) is 0. The second-order valence-electron chi connectivity index (χ2n) is 6.67. The lowest BCUT2D eigenvalue weighted by atomic mass is 9.62. The average Bonchev–Trinajstić information content (AvgIpc) is 2.63. The van der Waals surface area contributed by atoms with Gasteiger partial charge in [-0.25, -0.2) is 4.79 Å². The zero-order valence-corrected chi connectivity index (χ0v) is 12.9. The van der Waals surface area contributed by atoms with Crippen LogP contribution >= 0.6 is 0 Å². The number of rotatable bonds is 0. The van der Waals surface area contributed by atoms with Gasteiger partial charge in [0.2, 0.25) is 0 Å². The Morgan fingerprint density at radius 1 is 1.28 bits per heavy atom. The number of hydrogen-bond acceptors (Lipinski definition) is 2. The van der Waals surface area contributed by atoms with Crippen LogP contribution in [0, 0.1) is 11.3 Å². The lowest BCUT2D eigenvalue weighted by Crippen LogP contribution is -2.41. The summed E-state index contributed by atoms with van der Waals surface area (Å²) in [5.41, 5.74) is 0.0655. The second-order valence-corrected chi connectivity index (χ2v) is 6.67. The fourth-order valence-electron chi connectivity index (χ4n) is 3.17. The van der Waals surface area contributed by atoms with Crippen LogP contribution in [0.15, 0.2) is 0 Å². The molecule has 2 aliphatic rings. The van der Waals surface area contributed by atoms with Gasteiger partial charge in [0, 0.05) is 13.1 Å². The van der Waals surface area contributed by atoms with Gasteiger partial charge in [-0.2, -0.15) is 0 Å². The van der Waals surface area contributed by atoms with Gasteiger partial charge in [0.05, 0.1) is 0 Å². The smallest absolute Gasteiger partial charge is 0.410 e. The van der Waals surface area contributed by atoms with E-state index in [2.05, 4.69) is 6.92 Å². The minimum Gasteiger partial charge on any atom is -0.444 e. The molecule has 1 aliphatic carbocycles. The number of ether oxygens (including phenoxy) is 1. The SMILES string of the molecule is CC.CC1CC2(CCN(C(=O)OC(C)(C)C)C2)C1. The van der Waals surface area contributed by atoms with Gasteiger partial charge in [-0.05, 0) is 51.4 Å². The third-order valence-electron chi connectivity index (χ3n) is 3.65. The highest BCUT2D eigenvalue weighted by Crippen LogP contribution is 2.51. The topological polar surface area (TPSA) is 29.5 Å². The Hall–Kier alpha value is -0.730. The maximum atomic E-state index is 11.9. The monoisotopic (exact) mass is 255 g/mol. The zero-order valence-electron chi connectivity index (χ0n) is 12.9. The van der Waals surface area contributed by atoms with Crippen molar-refractivity contribution in [2.24, 2.45) is 11.3 Å². The zero-order chi connectivity index (χ0) is 14.0. The molecular formula is C15H29NO2. The van der Waals surface area contributed by atoms with E-state index < -0.39 is 0 Å². The van der Waals surface area contributed by atoms with Gasteiger partial charge < -0.3 is 9.64 Å². The molecule has 1 heterocycles. The summed E-state index contributed by atoms with van der Waals surface area (Å²) in [4.78, 5) is 13.8. The highest BCUT2D eigenvalue weighted by atomic mass is 16.6. The molecule has 0 bridgehead atoms. The molecule has 1 amide bonds. The van der Waals surface area contributed by atoms with E-state index in [1.54, 1.807) is 0 Å². The average molecular weight is 255 g/mol. The molecule has 0 aromatic carbocycles. The summed E-state index contributed by atoms with van der Waals surface area (Å²) in [5, 5.41) is 0. The summed E-state index contributed by atoms with van der Waals surface area (Å²) >= 11 is 0. The van der Waals surface area contributed by atoms with E-state index in [0.29, 0.717) is 5.41 Å². The van der Waals surface area contributed by atoms with Crippen molar-refractivity contribution in [1.82, 2.24) is 4.90 Å². The van der Waals surface area contributed by atoms with Gasteiger partial charge >= 0.3 is 6.09 Å². The predicted molar refractivity (Wildman–Crippen MR) is 74.6 cm³/mol. The van der Waals surface area contributed by atoms with Crippen molar-refractivity contribution in [3.63, 3.8) is 0 Å². The van der Waals surface area contributed by atoms with E-state index in [4.69, 9.17) is 4.74 Å². The quantitative estimate of drug-likeness (QED) is 0.653. The van der Waals surface area contributed by atoms with Crippen LogP contribution in [-0.2, 0) is 4.74 Å². The first-order valence-electron chi connectivity index (χ1n) is 7.28. The minimum absolute atomic E-state index is 0.135. The fourth-order valence-corrected chi connectivity index (χ4v) is 3.17. The van der Waals surface area contributed by atoms with Crippen molar-refractivity contribution >= 4 is 6.09 Å². The first-order chi connectivity index (χ1) is 8.30. The van der Waals surface area contributed by atoms with Crippen LogP contribution < -0.4 is 0 Å². The summed E-state index contributed by atoms with van der Waals surface area (Å²) in [6.45, 7) is 13.8. The summed E-state index contributed by atoms with van der Waals surface area (Å²) < 4.78 is 5.40. The molecule has 1 saturated carbocycles. The Morgan fingerprint density at radius 2 is 1.83 bits per heavy atom. The van der Waals surface area contributed by atoms with E-state index in [9.17, 15) is 4.79 Å². The molecule has 1 aliphatic heterocycles. The van der Waals surface area contributed by atoms with Crippen LogP contribution in [-0.4, -0.2) is 29.7 Å². The third-order valence-corrected chi connectivity index (χ3v) is 3.65. The first kappa shape index (κ1) is 15.3. The maximum Gasteiger partial charge on any atom is 0.410 e. The van der Waals surface area contributed by atoms with Crippen LogP contribution in [0.5, 0.6) is 0 Å². The fraction of sp³-hybridized carbons (Fsp3) is 0.933. The van der Waals surface area contributed by atoms with Gasteiger partial charge in [-0.3, -0.25) is 0 Å². The van der Waals surface area contributed by atoms with Crippen molar-refractivity contribution < 1.29 is 9.53 Å². The maximum absolute atomic E-state index is 11.9. The van der Waals surface area contributed by atoms with E-state index >= 15 is 0 Å². The molecule has 2 fully saturated rings. The molecule has 18 heavy (non-hydrogen) atoms. The number of hydrogen-bond donors (Lipinski definition) is 0. The molecular weight excluding hydrogens is 226 g/mol. The highest BCUT2D eigenvalue weighted by Gasteiger charge is 2.48. The normalized spacial score (nSPS) is 30.6. The molecule has 0 radical (unpaired) electrons. The van der Waals surface area contributed by atoms with Crippen molar-refractivity contribution in [1.29, 1.82) is 0 Å². The Labute approximate surface area is 112 Å². The molecule has 0 aromatic rings. The second kappa shape index (κ2) is 5.50. The van der Waals surface area contributed by atoms with Crippen LogP contribution in [0.25, 0.3) is 0 Å². The Balaban J connectivity index is 0.000000771. The number of carbonyl (C=O) groups is 1. The van der Waals surface area contributed by atoms with E-state index in [1.165, 1.54) is 12.8 Å². The molecule has 0 unspecified atom stereocenters. The molecule has 3 nitrogen and oxygen atoms in total. The molecule has 1 spiro atoms. The van der Waals surface area contributed by atoms with Crippen molar-refractivity contribution in [3.8, 4) is 0 Å². The highest BCUT2D eigenvalue weighted by molar-refractivity contribution is 5.68. The molecule has 0 N–H and O–H groups in total. The summed E-state index contributed by atoms with van der Waals surface area (Å²) in [7, 11) is 0. The number of amides is 1. The van der Waals surface area contributed by atoms with Gasteiger partial charge in [-0.1, -0.05) is 20.8 Å². The van der Waals surface area contributed by atoms with E-state index in [1.807, 2.05) is 39.5 Å². The third kappa shape index (κ3) is 3.63. The number of likely N-dealkylation sites (tertiary alicyclic amines) is 1. The van der Waals surface area contributed by atoms with Crippen LogP contribution in [0.1, 0.15) is 60.8 Å². The van der Waals surface area contributed by atoms with Crippen LogP contribution in [0.3, 0.4) is 0 Å². The predicted octanol–water partition coefficient (Wildman–Crippen LogP) is 4.07. The standard InChI is InChI=1S/C13H23NO2.C2H6/c1-10-7-13(8-10)5-6-14(9-13)11(15)16-12(2,3)4;1-2/h10H,5-9H2,1-4H3;1-2H3. The van der Waals surface area contributed by atoms with Crippen molar-refractivity contribution in [3.05, 3.63) is 0 Å². The lowest BCUT2D eigenvalue weighted by molar-refractivity contribution is 0.0199. The minimum atomic E-state index is -0.375. The molecule has 0 atom stereocenters. The van der Waals surface area contributed by atoms with Crippen molar-refractivity contribution in [2.45, 2.75) is 66.4 Å². The lowest BCUT2D eigenvalue weighted by Gasteiger charge is -2.43. The largest absolute Gasteiger partial charge is 0.444 e. The Bertz CT molecular complexity index is 287. The van der Waals surface area contributed by atoms with Crippen molar-refractivity contribution in [2.75, 3.05) is 13.1 Å². The van der Waals surface area contributed by atoms with Crippen LogP contribution in [0.2, 0.25) is 0 Å². The van der Waals surface area contributed by atoms with Gasteiger partial charge in [-0.15, -0.1) is 0 Å². The Morgan fingerprint density at radius 3 is 2.28 bits per heavy atom. The summed E-state index contributed by atoms with van der Waals surface area (Å²) in [5.74, 6) is 0.846. The summed E-state index contributed by atoms with van der Waals surface area (Å²) in [6.07, 6.45) is 3.60. The number of nitrogens with zero attached hydrogens (tertiary/aromatic N) is 1. The van der Waals surface area contributed by atoms with Gasteiger partial charge in [0.15, 0.2) is 0 Å². The van der Waals surface area contributed by atoms with E-state index in [-0.39, 0.29) is 11.7 Å². The molecule has 3 heteroatoms. The molecule has 0 aromatic heterocycles. The van der Waals surface area contributed by atoms with E-state index in [0.717, 1.165) is 25.4 Å². The van der Waals surface area contributed by atoms with Crippen LogP contribution in [0.4, 0.5) is 4.79 Å². The Kier molecular flexibility index (Phi) is 4.68. The van der Waals surface area contributed by atoms with Gasteiger partial charge in [0.25, 0.3) is 0 Å². The molecule has 106 valence electrons. The molecule has 1 saturated heterocycles. The first-order valence-corrected chi connectivity index (χ1v) is 7.28.